The van der Waals surface area contributed by atoms with Crippen LogP contribution in [0.15, 0.2) is 77.0 Å². The van der Waals surface area contributed by atoms with E-state index in [4.69, 9.17) is 0 Å². The predicted molar refractivity (Wildman–Crippen MR) is 137 cm³/mol. The van der Waals surface area contributed by atoms with Crippen LogP contribution in [0.2, 0.25) is 0 Å². The third kappa shape index (κ3) is 4.49. The van der Waals surface area contributed by atoms with Gasteiger partial charge in [-0.25, -0.2) is 13.4 Å². The van der Waals surface area contributed by atoms with Gasteiger partial charge in [-0.1, -0.05) is 49.4 Å². The number of rotatable bonds is 5. The standard InChI is InChI=1S/C26H25N3O3S2/c1-18-13-15-29(16-14-18)34(31,32)21-11-9-20(10-12-21)25(30)28-26-27-24(17-33-26)23-8-4-6-19-5-2-3-7-22(19)23/h2-12,17-18H,13-16H2,1H3,(H,27,28,30). The van der Waals surface area contributed by atoms with E-state index < -0.39 is 10.0 Å². The Morgan fingerprint density at radius 1 is 1.00 bits per heavy atom. The Hall–Kier alpha value is -3.07. The summed E-state index contributed by atoms with van der Waals surface area (Å²) in [5, 5.41) is 7.48. The highest BCUT2D eigenvalue weighted by Crippen LogP contribution is 2.31. The van der Waals surface area contributed by atoms with Gasteiger partial charge < -0.3 is 0 Å². The molecule has 0 atom stereocenters. The number of carbonyl (C=O) groups excluding carboxylic acids is 1. The first-order chi connectivity index (χ1) is 16.4. The minimum Gasteiger partial charge on any atom is -0.298 e. The molecule has 34 heavy (non-hydrogen) atoms. The molecule has 8 heteroatoms. The van der Waals surface area contributed by atoms with Gasteiger partial charge in [0.1, 0.15) is 0 Å². The number of nitrogens with zero attached hydrogens (tertiary/aromatic N) is 2. The average Bonchev–Trinajstić information content (AvgIpc) is 3.32. The minimum atomic E-state index is -3.54. The van der Waals surface area contributed by atoms with Crippen molar-refractivity contribution in [1.82, 2.24) is 9.29 Å². The Labute approximate surface area is 203 Å². The van der Waals surface area contributed by atoms with Gasteiger partial charge in [0.15, 0.2) is 5.13 Å². The van der Waals surface area contributed by atoms with Crippen LogP contribution >= 0.6 is 11.3 Å². The van der Waals surface area contributed by atoms with Gasteiger partial charge >= 0.3 is 0 Å². The molecule has 1 aliphatic heterocycles. The summed E-state index contributed by atoms with van der Waals surface area (Å²) in [6.07, 6.45) is 1.74. The van der Waals surface area contributed by atoms with E-state index in [-0.39, 0.29) is 10.8 Å². The van der Waals surface area contributed by atoms with Crippen molar-refractivity contribution in [3.05, 3.63) is 77.7 Å². The van der Waals surface area contributed by atoms with E-state index in [1.54, 1.807) is 12.1 Å². The molecule has 4 aromatic rings. The largest absolute Gasteiger partial charge is 0.298 e. The van der Waals surface area contributed by atoms with E-state index in [1.807, 2.05) is 29.6 Å². The molecule has 1 saturated heterocycles. The van der Waals surface area contributed by atoms with E-state index in [9.17, 15) is 13.2 Å². The number of anilines is 1. The maximum Gasteiger partial charge on any atom is 0.257 e. The number of thiazole rings is 1. The molecular weight excluding hydrogens is 466 g/mol. The summed E-state index contributed by atoms with van der Waals surface area (Å²) < 4.78 is 27.4. The van der Waals surface area contributed by atoms with Gasteiger partial charge in [0.25, 0.3) is 5.91 Å². The zero-order chi connectivity index (χ0) is 23.7. The first kappa shape index (κ1) is 22.7. The van der Waals surface area contributed by atoms with Crippen molar-refractivity contribution in [2.75, 3.05) is 18.4 Å². The minimum absolute atomic E-state index is 0.214. The molecule has 1 aliphatic rings. The van der Waals surface area contributed by atoms with Gasteiger partial charge in [0, 0.05) is 29.6 Å². The van der Waals surface area contributed by atoms with Crippen molar-refractivity contribution in [3.8, 4) is 11.3 Å². The molecule has 5 rings (SSSR count). The zero-order valence-corrected chi connectivity index (χ0v) is 20.4. The number of hydrogen-bond donors (Lipinski definition) is 1. The van der Waals surface area contributed by atoms with Crippen LogP contribution in [0.3, 0.4) is 0 Å². The Morgan fingerprint density at radius 2 is 1.71 bits per heavy atom. The molecule has 1 amide bonds. The fourth-order valence-electron chi connectivity index (χ4n) is 4.23. The molecule has 1 aromatic heterocycles. The summed E-state index contributed by atoms with van der Waals surface area (Å²) in [5.74, 6) is 0.221. The molecule has 0 unspecified atom stereocenters. The number of fused-ring (bicyclic) bond motifs is 1. The molecule has 1 fully saturated rings. The number of amides is 1. The smallest absolute Gasteiger partial charge is 0.257 e. The fraction of sp³-hybridized carbons (Fsp3) is 0.231. The van der Waals surface area contributed by atoms with E-state index in [2.05, 4.69) is 35.4 Å². The van der Waals surface area contributed by atoms with Crippen molar-refractivity contribution in [1.29, 1.82) is 0 Å². The zero-order valence-electron chi connectivity index (χ0n) is 18.8. The second kappa shape index (κ2) is 9.29. The number of nitrogens with one attached hydrogen (secondary N) is 1. The van der Waals surface area contributed by atoms with Crippen molar-refractivity contribution in [2.45, 2.75) is 24.7 Å². The molecule has 0 radical (unpaired) electrons. The molecule has 0 bridgehead atoms. The van der Waals surface area contributed by atoms with Crippen molar-refractivity contribution in [2.24, 2.45) is 5.92 Å². The number of hydrogen-bond acceptors (Lipinski definition) is 5. The van der Waals surface area contributed by atoms with E-state index >= 15 is 0 Å². The predicted octanol–water partition coefficient (Wildman–Crippen LogP) is 5.64. The monoisotopic (exact) mass is 491 g/mol. The Morgan fingerprint density at radius 3 is 2.47 bits per heavy atom. The molecule has 0 saturated carbocycles. The van der Waals surface area contributed by atoms with Crippen LogP contribution in [0.25, 0.3) is 22.0 Å². The molecule has 174 valence electrons. The number of benzene rings is 3. The van der Waals surface area contributed by atoms with Gasteiger partial charge in [-0.15, -0.1) is 11.3 Å². The maximum absolute atomic E-state index is 12.9. The highest BCUT2D eigenvalue weighted by Gasteiger charge is 2.28. The second-order valence-corrected chi connectivity index (χ2v) is 11.4. The lowest BCUT2D eigenvalue weighted by Crippen LogP contribution is -2.37. The summed E-state index contributed by atoms with van der Waals surface area (Å²) >= 11 is 1.36. The number of aromatic nitrogens is 1. The van der Waals surface area contributed by atoms with E-state index in [1.165, 1.54) is 27.8 Å². The average molecular weight is 492 g/mol. The number of piperidine rings is 1. The molecule has 0 aliphatic carbocycles. The summed E-state index contributed by atoms with van der Waals surface area (Å²) in [5.41, 5.74) is 2.19. The molecule has 3 aromatic carbocycles. The van der Waals surface area contributed by atoms with Gasteiger partial charge in [0.05, 0.1) is 10.6 Å². The van der Waals surface area contributed by atoms with E-state index in [0.29, 0.717) is 29.7 Å². The second-order valence-electron chi connectivity index (χ2n) is 8.63. The topological polar surface area (TPSA) is 79.4 Å². The molecule has 2 heterocycles. The van der Waals surface area contributed by atoms with E-state index in [0.717, 1.165) is 34.9 Å². The lowest BCUT2D eigenvalue weighted by Gasteiger charge is -2.29. The molecule has 0 spiro atoms. The third-order valence-electron chi connectivity index (χ3n) is 6.29. The van der Waals surface area contributed by atoms with Gasteiger partial charge in [-0.2, -0.15) is 4.31 Å². The van der Waals surface area contributed by atoms with Crippen LogP contribution in [-0.4, -0.2) is 36.7 Å². The molecule has 6 nitrogen and oxygen atoms in total. The van der Waals surface area contributed by atoms with Crippen LogP contribution in [0.5, 0.6) is 0 Å². The summed E-state index contributed by atoms with van der Waals surface area (Å²) in [7, 11) is -3.54. The SMILES string of the molecule is CC1CCN(S(=O)(=O)c2ccc(C(=O)Nc3nc(-c4cccc5ccccc45)cs3)cc2)CC1. The summed E-state index contributed by atoms with van der Waals surface area (Å²) in [6, 6.07) is 20.3. The van der Waals surface area contributed by atoms with Crippen LogP contribution in [0.1, 0.15) is 30.1 Å². The fourth-order valence-corrected chi connectivity index (χ4v) is 6.40. The number of sulfonamides is 1. The first-order valence-electron chi connectivity index (χ1n) is 11.3. The normalized spacial score (nSPS) is 15.4. The van der Waals surface area contributed by atoms with Gasteiger partial charge in [0.2, 0.25) is 10.0 Å². The first-order valence-corrected chi connectivity index (χ1v) is 13.6. The quantitative estimate of drug-likeness (QED) is 0.392. The Kier molecular flexibility index (Phi) is 6.20. The lowest BCUT2D eigenvalue weighted by molar-refractivity contribution is 0.102. The summed E-state index contributed by atoms with van der Waals surface area (Å²) in [6.45, 7) is 3.22. The maximum atomic E-state index is 12.9. The van der Waals surface area contributed by atoms with Gasteiger partial charge in [-0.3, -0.25) is 10.1 Å². The van der Waals surface area contributed by atoms with Crippen molar-refractivity contribution >= 4 is 43.2 Å². The van der Waals surface area contributed by atoms with Crippen LogP contribution in [0.4, 0.5) is 5.13 Å². The van der Waals surface area contributed by atoms with Crippen LogP contribution < -0.4 is 5.32 Å². The Balaban J connectivity index is 1.30. The van der Waals surface area contributed by atoms with Crippen molar-refractivity contribution in [3.63, 3.8) is 0 Å². The number of carbonyl (C=O) groups is 1. The lowest BCUT2D eigenvalue weighted by atomic mass is 10.0. The van der Waals surface area contributed by atoms with Crippen LogP contribution in [0, 0.1) is 5.92 Å². The Bertz CT molecular complexity index is 1430. The van der Waals surface area contributed by atoms with Gasteiger partial charge in [-0.05, 0) is 53.8 Å². The van der Waals surface area contributed by atoms with Crippen molar-refractivity contribution < 1.29 is 13.2 Å². The highest BCUT2D eigenvalue weighted by molar-refractivity contribution is 7.89. The molecular formula is C26H25N3O3S2. The van der Waals surface area contributed by atoms with Crippen LogP contribution in [-0.2, 0) is 10.0 Å². The molecule has 1 N–H and O–H groups in total. The highest BCUT2D eigenvalue weighted by atomic mass is 32.2. The third-order valence-corrected chi connectivity index (χ3v) is 8.96. The summed E-state index contributed by atoms with van der Waals surface area (Å²) in [4.78, 5) is 17.6.